The van der Waals surface area contributed by atoms with Gasteiger partial charge in [0.05, 0.1) is 5.02 Å². The van der Waals surface area contributed by atoms with Crippen LogP contribution in [0, 0.1) is 19.7 Å². The van der Waals surface area contributed by atoms with Crippen molar-refractivity contribution >= 4 is 29.3 Å². The lowest BCUT2D eigenvalue weighted by molar-refractivity contribution is -0.111. The Morgan fingerprint density at radius 3 is 2.71 bits per heavy atom. The fourth-order valence-corrected chi connectivity index (χ4v) is 2.04. The molecule has 0 aliphatic carbocycles. The smallest absolute Gasteiger partial charge is 0.248 e. The Labute approximate surface area is 128 Å². The van der Waals surface area contributed by atoms with E-state index in [1.807, 2.05) is 32.0 Å². The molecule has 0 aliphatic heterocycles. The minimum atomic E-state index is -0.478. The minimum Gasteiger partial charge on any atom is -0.322 e. The summed E-state index contributed by atoms with van der Waals surface area (Å²) in [5.74, 6) is -0.724. The van der Waals surface area contributed by atoms with Crippen LogP contribution in [0.4, 0.5) is 10.1 Å². The van der Waals surface area contributed by atoms with E-state index >= 15 is 0 Å². The van der Waals surface area contributed by atoms with Crippen LogP contribution in [0.5, 0.6) is 0 Å². The normalized spacial score (nSPS) is 10.9. The second-order valence-corrected chi connectivity index (χ2v) is 5.15. The average molecular weight is 304 g/mol. The zero-order valence-corrected chi connectivity index (χ0v) is 12.5. The van der Waals surface area contributed by atoms with Crippen LogP contribution in [0.1, 0.15) is 16.7 Å². The van der Waals surface area contributed by atoms with Gasteiger partial charge in [-0.15, -0.1) is 0 Å². The minimum absolute atomic E-state index is 0.0343. The van der Waals surface area contributed by atoms with Crippen molar-refractivity contribution in [1.82, 2.24) is 0 Å². The van der Waals surface area contributed by atoms with Gasteiger partial charge in [0.25, 0.3) is 0 Å². The van der Waals surface area contributed by atoms with Crippen LogP contribution in [-0.4, -0.2) is 5.91 Å². The quantitative estimate of drug-likeness (QED) is 0.815. The number of hydrogen-bond acceptors (Lipinski definition) is 1. The van der Waals surface area contributed by atoms with Crippen molar-refractivity contribution in [3.63, 3.8) is 0 Å². The van der Waals surface area contributed by atoms with Gasteiger partial charge in [0.15, 0.2) is 0 Å². The highest BCUT2D eigenvalue weighted by molar-refractivity contribution is 6.30. The van der Waals surface area contributed by atoms with E-state index in [0.29, 0.717) is 5.56 Å². The van der Waals surface area contributed by atoms with Crippen LogP contribution in [0.3, 0.4) is 0 Å². The van der Waals surface area contributed by atoms with Gasteiger partial charge in [0, 0.05) is 11.8 Å². The number of benzene rings is 2. The third-order valence-electron chi connectivity index (χ3n) is 3.23. The second kappa shape index (κ2) is 6.55. The summed E-state index contributed by atoms with van der Waals surface area (Å²) in [4.78, 5) is 11.9. The third kappa shape index (κ3) is 3.92. The molecule has 0 spiro atoms. The summed E-state index contributed by atoms with van der Waals surface area (Å²) in [5.41, 5.74) is 3.59. The van der Waals surface area contributed by atoms with Crippen molar-refractivity contribution in [3.05, 3.63) is 70.0 Å². The van der Waals surface area contributed by atoms with Crippen LogP contribution in [-0.2, 0) is 4.79 Å². The van der Waals surface area contributed by atoms with Gasteiger partial charge in [0.2, 0.25) is 5.91 Å². The molecule has 0 atom stereocenters. The van der Waals surface area contributed by atoms with Crippen molar-refractivity contribution in [2.45, 2.75) is 13.8 Å². The molecular weight excluding hydrogens is 289 g/mol. The predicted molar refractivity (Wildman–Crippen MR) is 85.0 cm³/mol. The second-order valence-electron chi connectivity index (χ2n) is 4.74. The van der Waals surface area contributed by atoms with E-state index in [4.69, 9.17) is 11.6 Å². The van der Waals surface area contributed by atoms with E-state index in [0.717, 1.165) is 16.8 Å². The maximum atomic E-state index is 13.0. The molecule has 0 saturated carbocycles. The molecule has 1 N–H and O–H groups in total. The highest BCUT2D eigenvalue weighted by Crippen LogP contribution is 2.19. The molecule has 0 radical (unpaired) electrons. The largest absolute Gasteiger partial charge is 0.322 e. The molecule has 4 heteroatoms. The zero-order valence-electron chi connectivity index (χ0n) is 11.8. The fourth-order valence-electron chi connectivity index (χ4n) is 1.85. The lowest BCUT2D eigenvalue weighted by Crippen LogP contribution is -2.09. The van der Waals surface area contributed by atoms with Crippen molar-refractivity contribution in [2.75, 3.05) is 5.32 Å². The van der Waals surface area contributed by atoms with E-state index in [1.54, 1.807) is 12.1 Å². The van der Waals surface area contributed by atoms with Crippen LogP contribution in [0.2, 0.25) is 5.02 Å². The number of amides is 1. The summed E-state index contributed by atoms with van der Waals surface area (Å²) < 4.78 is 13.0. The van der Waals surface area contributed by atoms with E-state index in [9.17, 15) is 9.18 Å². The van der Waals surface area contributed by atoms with Crippen LogP contribution in [0.15, 0.2) is 42.5 Å². The first-order chi connectivity index (χ1) is 9.97. The average Bonchev–Trinajstić information content (AvgIpc) is 2.45. The summed E-state index contributed by atoms with van der Waals surface area (Å²) >= 11 is 5.69. The molecule has 0 unspecified atom stereocenters. The number of nitrogens with one attached hydrogen (secondary N) is 1. The Morgan fingerprint density at radius 1 is 1.24 bits per heavy atom. The first kappa shape index (κ1) is 15.3. The number of anilines is 1. The molecule has 2 rings (SSSR count). The molecule has 0 fully saturated rings. The first-order valence-electron chi connectivity index (χ1n) is 6.47. The summed E-state index contributed by atoms with van der Waals surface area (Å²) in [6, 6.07) is 10.0. The Balaban J connectivity index is 2.09. The molecule has 2 nitrogen and oxygen atoms in total. The lowest BCUT2D eigenvalue weighted by atomic mass is 10.1. The molecule has 0 saturated heterocycles. The number of carbonyl (C=O) groups excluding carboxylic acids is 1. The van der Waals surface area contributed by atoms with E-state index in [2.05, 4.69) is 5.32 Å². The summed E-state index contributed by atoms with van der Waals surface area (Å²) in [5, 5.41) is 2.85. The standard InChI is InChI=1S/C17H15ClFNO/c1-11-4-3-5-16(12(11)2)20-17(21)9-7-13-6-8-15(19)14(18)10-13/h3-10H,1-2H3,(H,20,21)/b9-7+. The van der Waals surface area contributed by atoms with Crippen molar-refractivity contribution in [2.24, 2.45) is 0 Å². The van der Waals surface area contributed by atoms with Crippen LogP contribution >= 0.6 is 11.6 Å². The number of rotatable bonds is 3. The number of aryl methyl sites for hydroxylation is 1. The number of hydrogen-bond donors (Lipinski definition) is 1. The van der Waals surface area contributed by atoms with Crippen LogP contribution in [0.25, 0.3) is 6.08 Å². The molecule has 0 aliphatic rings. The monoisotopic (exact) mass is 303 g/mol. The Bertz CT molecular complexity index is 710. The van der Waals surface area contributed by atoms with Gasteiger partial charge in [-0.1, -0.05) is 29.8 Å². The first-order valence-corrected chi connectivity index (χ1v) is 6.85. The van der Waals surface area contributed by atoms with Gasteiger partial charge < -0.3 is 5.32 Å². The molecule has 108 valence electrons. The van der Waals surface area contributed by atoms with Gasteiger partial charge in [-0.3, -0.25) is 4.79 Å². The molecular formula is C17H15ClFNO. The Kier molecular flexibility index (Phi) is 4.76. The summed E-state index contributed by atoms with van der Waals surface area (Å²) in [6.07, 6.45) is 2.98. The van der Waals surface area contributed by atoms with E-state index in [1.165, 1.54) is 18.2 Å². The molecule has 0 aromatic heterocycles. The van der Waals surface area contributed by atoms with Gasteiger partial charge in [-0.2, -0.15) is 0 Å². The van der Waals surface area contributed by atoms with Gasteiger partial charge in [0.1, 0.15) is 5.82 Å². The van der Waals surface area contributed by atoms with Gasteiger partial charge >= 0.3 is 0 Å². The van der Waals surface area contributed by atoms with E-state index in [-0.39, 0.29) is 10.9 Å². The Morgan fingerprint density at radius 2 is 2.00 bits per heavy atom. The summed E-state index contributed by atoms with van der Waals surface area (Å²) in [6.45, 7) is 3.94. The maximum Gasteiger partial charge on any atom is 0.248 e. The van der Waals surface area contributed by atoms with Crippen LogP contribution < -0.4 is 5.32 Å². The number of carbonyl (C=O) groups is 1. The van der Waals surface area contributed by atoms with Gasteiger partial charge in [-0.25, -0.2) is 4.39 Å². The molecule has 1 amide bonds. The SMILES string of the molecule is Cc1cccc(NC(=O)/C=C/c2ccc(F)c(Cl)c2)c1C. The van der Waals surface area contributed by atoms with Gasteiger partial charge in [-0.05, 0) is 54.8 Å². The topological polar surface area (TPSA) is 29.1 Å². The number of halogens is 2. The predicted octanol–water partition coefficient (Wildman–Crippen LogP) is 4.75. The summed E-state index contributed by atoms with van der Waals surface area (Å²) in [7, 11) is 0. The van der Waals surface area contributed by atoms with E-state index < -0.39 is 5.82 Å². The Hall–Kier alpha value is -2.13. The highest BCUT2D eigenvalue weighted by Gasteiger charge is 2.03. The van der Waals surface area contributed by atoms with Crippen molar-refractivity contribution in [1.29, 1.82) is 0 Å². The van der Waals surface area contributed by atoms with Crippen molar-refractivity contribution < 1.29 is 9.18 Å². The highest BCUT2D eigenvalue weighted by atomic mass is 35.5. The molecule has 21 heavy (non-hydrogen) atoms. The third-order valence-corrected chi connectivity index (χ3v) is 3.52. The van der Waals surface area contributed by atoms with Crippen molar-refractivity contribution in [3.8, 4) is 0 Å². The molecule has 2 aromatic rings. The molecule has 2 aromatic carbocycles. The molecule has 0 bridgehead atoms. The zero-order chi connectivity index (χ0) is 15.4. The lowest BCUT2D eigenvalue weighted by Gasteiger charge is -2.08. The fraction of sp³-hybridized carbons (Fsp3) is 0.118. The molecule has 0 heterocycles. The maximum absolute atomic E-state index is 13.0.